The second kappa shape index (κ2) is 7.15. The molecule has 1 aromatic rings. The van der Waals surface area contributed by atoms with E-state index in [2.05, 4.69) is 16.5 Å². The minimum absolute atomic E-state index is 0.0277. The Morgan fingerprint density at radius 3 is 2.91 bits per heavy atom. The first-order chi connectivity index (χ1) is 10.6. The third-order valence-corrected chi connectivity index (χ3v) is 4.13. The van der Waals surface area contributed by atoms with E-state index in [1.165, 1.54) is 0 Å². The smallest absolute Gasteiger partial charge is 0.311 e. The minimum Gasteiger partial charge on any atom is -0.481 e. The van der Waals surface area contributed by atoms with E-state index in [-0.39, 0.29) is 12.5 Å². The summed E-state index contributed by atoms with van der Waals surface area (Å²) in [6.07, 6.45) is 8.97. The van der Waals surface area contributed by atoms with Gasteiger partial charge in [-0.15, -0.1) is 6.58 Å². The highest BCUT2D eigenvalue weighted by molar-refractivity contribution is 5.80. The lowest BCUT2D eigenvalue weighted by Crippen LogP contribution is -2.49. The van der Waals surface area contributed by atoms with Crippen molar-refractivity contribution in [2.45, 2.75) is 32.1 Å². The molecule has 0 unspecified atom stereocenters. The van der Waals surface area contributed by atoms with Crippen molar-refractivity contribution in [3.8, 4) is 0 Å². The molecule has 0 aliphatic carbocycles. The molecule has 1 aliphatic heterocycles. The summed E-state index contributed by atoms with van der Waals surface area (Å²) in [5, 5.41) is 9.52. The molecule has 6 heteroatoms. The molecule has 2 heterocycles. The van der Waals surface area contributed by atoms with Gasteiger partial charge >= 0.3 is 5.97 Å². The fourth-order valence-corrected chi connectivity index (χ4v) is 2.90. The molecule has 1 amide bonds. The average Bonchev–Trinajstić information content (AvgIpc) is 2.54. The van der Waals surface area contributed by atoms with E-state index in [1.54, 1.807) is 29.6 Å². The number of aryl methyl sites for hydroxylation is 1. The van der Waals surface area contributed by atoms with Crippen LogP contribution >= 0.6 is 0 Å². The van der Waals surface area contributed by atoms with Gasteiger partial charge in [-0.05, 0) is 25.7 Å². The molecule has 0 bridgehead atoms. The Labute approximate surface area is 129 Å². The molecule has 22 heavy (non-hydrogen) atoms. The summed E-state index contributed by atoms with van der Waals surface area (Å²) in [6, 6.07) is 0. The topological polar surface area (TPSA) is 83.4 Å². The number of hydrogen-bond acceptors (Lipinski definition) is 4. The number of piperidine rings is 1. The van der Waals surface area contributed by atoms with Gasteiger partial charge in [0.05, 0.1) is 11.1 Å². The van der Waals surface area contributed by atoms with Gasteiger partial charge in [0.2, 0.25) is 5.91 Å². The molecule has 0 spiro atoms. The van der Waals surface area contributed by atoms with Crippen LogP contribution in [0.25, 0.3) is 0 Å². The fourth-order valence-electron chi connectivity index (χ4n) is 2.90. The number of carboxylic acids is 1. The third kappa shape index (κ3) is 3.69. The molecule has 1 saturated heterocycles. The molecule has 1 atom stereocenters. The van der Waals surface area contributed by atoms with Crippen LogP contribution in [0, 0.1) is 5.41 Å². The van der Waals surface area contributed by atoms with E-state index in [4.69, 9.17) is 0 Å². The monoisotopic (exact) mass is 303 g/mol. The van der Waals surface area contributed by atoms with Gasteiger partial charge in [0.15, 0.2) is 0 Å². The summed E-state index contributed by atoms with van der Waals surface area (Å²) in [5.74, 6) is -0.876. The van der Waals surface area contributed by atoms with Crippen LogP contribution in [0.5, 0.6) is 0 Å². The van der Waals surface area contributed by atoms with Crippen molar-refractivity contribution in [1.29, 1.82) is 0 Å². The normalized spacial score (nSPS) is 21.4. The number of aromatic nitrogens is 2. The number of amides is 1. The van der Waals surface area contributed by atoms with E-state index < -0.39 is 11.4 Å². The van der Waals surface area contributed by atoms with Crippen LogP contribution in [-0.2, 0) is 16.0 Å². The first kappa shape index (κ1) is 16.1. The maximum atomic E-state index is 12.3. The summed E-state index contributed by atoms with van der Waals surface area (Å²) in [4.78, 5) is 33.7. The Morgan fingerprint density at radius 2 is 2.27 bits per heavy atom. The van der Waals surface area contributed by atoms with Crippen LogP contribution in [0.4, 0.5) is 0 Å². The highest BCUT2D eigenvalue weighted by Gasteiger charge is 2.42. The number of rotatable bonds is 6. The molecule has 1 N–H and O–H groups in total. The number of aliphatic carboxylic acids is 1. The van der Waals surface area contributed by atoms with Gasteiger partial charge in [0.1, 0.15) is 0 Å². The zero-order valence-corrected chi connectivity index (χ0v) is 12.6. The Morgan fingerprint density at radius 1 is 1.45 bits per heavy atom. The Bertz CT molecular complexity index is 547. The predicted molar refractivity (Wildman–Crippen MR) is 81.0 cm³/mol. The number of carboxylic acid groups (broad SMARTS) is 1. The molecule has 0 radical (unpaired) electrons. The van der Waals surface area contributed by atoms with Crippen LogP contribution in [-0.4, -0.2) is 44.9 Å². The molecule has 1 fully saturated rings. The largest absolute Gasteiger partial charge is 0.481 e. The highest BCUT2D eigenvalue weighted by Crippen LogP contribution is 2.34. The molecule has 6 nitrogen and oxygen atoms in total. The van der Waals surface area contributed by atoms with E-state index in [0.717, 1.165) is 5.69 Å². The standard InChI is InChI=1S/C16H21N3O3/c1-2-6-16(15(21)22)7-3-10-19(12-16)14(20)5-4-13-11-17-8-9-18-13/h2,8-9,11H,1,3-7,10,12H2,(H,21,22)/t16-/m1/s1. The summed E-state index contributed by atoms with van der Waals surface area (Å²) in [7, 11) is 0. The van der Waals surface area contributed by atoms with Gasteiger partial charge in [0.25, 0.3) is 0 Å². The molecule has 118 valence electrons. The molecule has 0 aromatic carbocycles. The minimum atomic E-state index is -0.887. The second-order valence-electron chi connectivity index (χ2n) is 5.69. The van der Waals surface area contributed by atoms with Gasteiger partial charge in [-0.3, -0.25) is 19.6 Å². The quantitative estimate of drug-likeness (QED) is 0.808. The van der Waals surface area contributed by atoms with Crippen LogP contribution in [0.2, 0.25) is 0 Å². The van der Waals surface area contributed by atoms with Gasteiger partial charge in [-0.25, -0.2) is 0 Å². The average molecular weight is 303 g/mol. The number of carbonyl (C=O) groups is 2. The number of nitrogens with zero attached hydrogens (tertiary/aromatic N) is 3. The van der Waals surface area contributed by atoms with Crippen molar-refractivity contribution in [1.82, 2.24) is 14.9 Å². The van der Waals surface area contributed by atoms with Gasteiger partial charge in [0, 0.05) is 38.1 Å². The van der Waals surface area contributed by atoms with Crippen molar-refractivity contribution < 1.29 is 14.7 Å². The lowest BCUT2D eigenvalue weighted by molar-refractivity contribution is -0.154. The zero-order chi connectivity index (χ0) is 16.0. The Balaban J connectivity index is 1.97. The lowest BCUT2D eigenvalue weighted by atomic mass is 9.77. The maximum absolute atomic E-state index is 12.3. The van der Waals surface area contributed by atoms with E-state index in [1.807, 2.05) is 0 Å². The van der Waals surface area contributed by atoms with Crippen molar-refractivity contribution in [3.63, 3.8) is 0 Å². The zero-order valence-electron chi connectivity index (χ0n) is 12.6. The maximum Gasteiger partial charge on any atom is 0.311 e. The number of allylic oxidation sites excluding steroid dienone is 1. The molecular weight excluding hydrogens is 282 g/mol. The fraction of sp³-hybridized carbons (Fsp3) is 0.500. The van der Waals surface area contributed by atoms with Crippen LogP contribution in [0.3, 0.4) is 0 Å². The highest BCUT2D eigenvalue weighted by atomic mass is 16.4. The van der Waals surface area contributed by atoms with Gasteiger partial charge in [-0.1, -0.05) is 6.08 Å². The molecule has 0 saturated carbocycles. The summed E-state index contributed by atoms with van der Waals surface area (Å²) in [6.45, 7) is 4.52. The van der Waals surface area contributed by atoms with Crippen molar-refractivity contribution in [2.75, 3.05) is 13.1 Å². The molecule has 2 rings (SSSR count). The van der Waals surface area contributed by atoms with E-state index in [9.17, 15) is 14.7 Å². The third-order valence-electron chi connectivity index (χ3n) is 4.13. The number of likely N-dealkylation sites (tertiary alicyclic amines) is 1. The van der Waals surface area contributed by atoms with Crippen LogP contribution in [0.1, 0.15) is 31.4 Å². The van der Waals surface area contributed by atoms with E-state index in [0.29, 0.717) is 38.6 Å². The SMILES string of the molecule is C=CC[C@@]1(C(=O)O)CCCN(C(=O)CCc2cnccn2)C1. The lowest BCUT2D eigenvalue weighted by Gasteiger charge is -2.39. The Hall–Kier alpha value is -2.24. The second-order valence-corrected chi connectivity index (χ2v) is 5.69. The van der Waals surface area contributed by atoms with Crippen molar-refractivity contribution >= 4 is 11.9 Å². The Kier molecular flexibility index (Phi) is 5.25. The predicted octanol–water partition coefficient (Wildman–Crippen LogP) is 1.68. The summed E-state index contributed by atoms with van der Waals surface area (Å²) in [5.41, 5.74) is -0.120. The molecule has 1 aromatic heterocycles. The van der Waals surface area contributed by atoms with Crippen LogP contribution < -0.4 is 0 Å². The first-order valence-electron chi connectivity index (χ1n) is 7.44. The number of hydrogen-bond donors (Lipinski definition) is 1. The van der Waals surface area contributed by atoms with Crippen molar-refractivity contribution in [3.05, 3.63) is 36.9 Å². The summed E-state index contributed by atoms with van der Waals surface area (Å²) < 4.78 is 0. The van der Waals surface area contributed by atoms with Crippen LogP contribution in [0.15, 0.2) is 31.2 Å². The van der Waals surface area contributed by atoms with Gasteiger partial charge in [-0.2, -0.15) is 0 Å². The van der Waals surface area contributed by atoms with E-state index >= 15 is 0 Å². The number of carbonyl (C=O) groups excluding carboxylic acids is 1. The first-order valence-corrected chi connectivity index (χ1v) is 7.44. The van der Waals surface area contributed by atoms with Gasteiger partial charge < -0.3 is 10.0 Å². The molecular formula is C16H21N3O3. The summed E-state index contributed by atoms with van der Waals surface area (Å²) >= 11 is 0. The molecule has 1 aliphatic rings. The van der Waals surface area contributed by atoms with Crippen molar-refractivity contribution in [2.24, 2.45) is 5.41 Å².